The molecule has 0 spiro atoms. The lowest BCUT2D eigenvalue weighted by Crippen LogP contribution is -2.31. The Labute approximate surface area is 100 Å². The van der Waals surface area contributed by atoms with Crippen LogP contribution in [0, 0.1) is 6.92 Å². The van der Waals surface area contributed by atoms with E-state index in [1.807, 2.05) is 6.92 Å². The third-order valence-electron chi connectivity index (χ3n) is 3.00. The zero-order valence-corrected chi connectivity index (χ0v) is 10.3. The van der Waals surface area contributed by atoms with Crippen LogP contribution in [0.1, 0.15) is 47.8 Å². The smallest absolute Gasteiger partial charge is 0.261 e. The van der Waals surface area contributed by atoms with E-state index in [1.165, 1.54) is 0 Å². The summed E-state index contributed by atoms with van der Waals surface area (Å²) in [4.78, 5) is 26.4. The lowest BCUT2D eigenvalue weighted by molar-refractivity contribution is 0.0949. The van der Waals surface area contributed by atoms with Crippen LogP contribution in [-0.2, 0) is 6.42 Å². The topological polar surface area (TPSA) is 62.0 Å². The third-order valence-corrected chi connectivity index (χ3v) is 3.00. The standard InChI is InChI=1S/C13H18N2O2/c1-3-4-11-8(2)7-10(13(17)15-11)12(16)14-9-5-6-9/h7,9H,3-6H2,1-2H3,(H,14,16)(H,15,17). The highest BCUT2D eigenvalue weighted by Gasteiger charge is 2.25. The number of rotatable bonds is 4. The number of aromatic amines is 1. The highest BCUT2D eigenvalue weighted by atomic mass is 16.2. The van der Waals surface area contributed by atoms with Crippen molar-refractivity contribution in [3.05, 3.63) is 33.2 Å². The van der Waals surface area contributed by atoms with E-state index < -0.39 is 0 Å². The summed E-state index contributed by atoms with van der Waals surface area (Å²) in [6.45, 7) is 3.99. The van der Waals surface area contributed by atoms with Gasteiger partial charge in [0, 0.05) is 11.7 Å². The van der Waals surface area contributed by atoms with Crippen LogP contribution in [0.15, 0.2) is 10.9 Å². The van der Waals surface area contributed by atoms with Gasteiger partial charge in [-0.2, -0.15) is 0 Å². The van der Waals surface area contributed by atoms with Gasteiger partial charge in [0.05, 0.1) is 0 Å². The molecule has 2 N–H and O–H groups in total. The molecule has 1 fully saturated rings. The summed E-state index contributed by atoms with van der Waals surface area (Å²) >= 11 is 0. The van der Waals surface area contributed by atoms with E-state index in [0.717, 1.165) is 36.9 Å². The van der Waals surface area contributed by atoms with Crippen LogP contribution in [0.5, 0.6) is 0 Å². The first-order valence-corrected chi connectivity index (χ1v) is 6.15. The van der Waals surface area contributed by atoms with E-state index in [2.05, 4.69) is 17.2 Å². The number of carbonyl (C=O) groups is 1. The van der Waals surface area contributed by atoms with Crippen molar-refractivity contribution in [3.63, 3.8) is 0 Å². The monoisotopic (exact) mass is 234 g/mol. The fourth-order valence-corrected chi connectivity index (χ4v) is 1.84. The lowest BCUT2D eigenvalue weighted by atomic mass is 10.1. The van der Waals surface area contributed by atoms with Crippen LogP contribution in [0.2, 0.25) is 0 Å². The van der Waals surface area contributed by atoms with Gasteiger partial charge in [0.1, 0.15) is 5.56 Å². The molecule has 1 amide bonds. The Morgan fingerprint density at radius 2 is 2.24 bits per heavy atom. The quantitative estimate of drug-likeness (QED) is 0.830. The molecule has 0 unspecified atom stereocenters. The molecule has 1 aromatic heterocycles. The highest BCUT2D eigenvalue weighted by Crippen LogP contribution is 2.19. The molecule has 0 aliphatic heterocycles. The van der Waals surface area contributed by atoms with Gasteiger partial charge < -0.3 is 10.3 Å². The molecule has 4 nitrogen and oxygen atoms in total. The van der Waals surface area contributed by atoms with Gasteiger partial charge in [0.25, 0.3) is 11.5 Å². The Balaban J connectivity index is 2.25. The average Bonchev–Trinajstić information content (AvgIpc) is 3.07. The number of hydrogen-bond donors (Lipinski definition) is 2. The molecule has 1 aliphatic rings. The van der Waals surface area contributed by atoms with Crippen molar-refractivity contribution in [3.8, 4) is 0 Å². The Kier molecular flexibility index (Phi) is 3.31. The maximum absolute atomic E-state index is 11.8. The van der Waals surface area contributed by atoms with Crippen LogP contribution in [0.4, 0.5) is 0 Å². The molecular formula is C13H18N2O2. The first-order chi connectivity index (χ1) is 8.11. The minimum Gasteiger partial charge on any atom is -0.349 e. The number of amides is 1. The predicted octanol–water partition coefficient (Wildman–Crippen LogP) is 1.53. The van der Waals surface area contributed by atoms with Crippen LogP contribution >= 0.6 is 0 Å². The summed E-state index contributed by atoms with van der Waals surface area (Å²) in [7, 11) is 0. The van der Waals surface area contributed by atoms with E-state index in [4.69, 9.17) is 0 Å². The fourth-order valence-electron chi connectivity index (χ4n) is 1.84. The van der Waals surface area contributed by atoms with E-state index in [-0.39, 0.29) is 23.1 Å². The number of hydrogen-bond acceptors (Lipinski definition) is 2. The maximum Gasteiger partial charge on any atom is 0.261 e. The van der Waals surface area contributed by atoms with Crippen LogP contribution < -0.4 is 10.9 Å². The fraction of sp³-hybridized carbons (Fsp3) is 0.538. The van der Waals surface area contributed by atoms with Gasteiger partial charge >= 0.3 is 0 Å². The van der Waals surface area contributed by atoms with Gasteiger partial charge in [-0.05, 0) is 37.8 Å². The normalized spacial score (nSPS) is 14.7. The van der Waals surface area contributed by atoms with Crippen LogP contribution in [0.3, 0.4) is 0 Å². The summed E-state index contributed by atoms with van der Waals surface area (Å²) in [6, 6.07) is 1.97. The van der Waals surface area contributed by atoms with Crippen molar-refractivity contribution in [2.45, 2.75) is 45.6 Å². The zero-order valence-electron chi connectivity index (χ0n) is 10.3. The number of carbonyl (C=O) groups excluding carboxylic acids is 1. The average molecular weight is 234 g/mol. The molecule has 1 saturated carbocycles. The Morgan fingerprint density at radius 1 is 1.53 bits per heavy atom. The van der Waals surface area contributed by atoms with Crippen LogP contribution in [-0.4, -0.2) is 16.9 Å². The van der Waals surface area contributed by atoms with E-state index in [1.54, 1.807) is 6.07 Å². The third kappa shape index (κ3) is 2.75. The molecule has 4 heteroatoms. The van der Waals surface area contributed by atoms with Crippen molar-refractivity contribution < 1.29 is 4.79 Å². The van der Waals surface area contributed by atoms with Gasteiger partial charge in [0.15, 0.2) is 0 Å². The highest BCUT2D eigenvalue weighted by molar-refractivity contribution is 5.94. The second-order valence-corrected chi connectivity index (χ2v) is 4.67. The minimum absolute atomic E-state index is 0.231. The minimum atomic E-state index is -0.280. The largest absolute Gasteiger partial charge is 0.349 e. The molecular weight excluding hydrogens is 216 g/mol. The summed E-state index contributed by atoms with van der Waals surface area (Å²) in [6.07, 6.45) is 3.86. The van der Waals surface area contributed by atoms with Crippen LogP contribution in [0.25, 0.3) is 0 Å². The van der Waals surface area contributed by atoms with Crippen molar-refractivity contribution >= 4 is 5.91 Å². The molecule has 1 aromatic rings. The first-order valence-electron chi connectivity index (χ1n) is 6.15. The predicted molar refractivity (Wildman–Crippen MR) is 66.3 cm³/mol. The van der Waals surface area contributed by atoms with Gasteiger partial charge in [-0.25, -0.2) is 0 Å². The second kappa shape index (κ2) is 4.73. The Bertz CT molecular complexity index is 487. The van der Waals surface area contributed by atoms with Gasteiger partial charge in [-0.15, -0.1) is 0 Å². The summed E-state index contributed by atoms with van der Waals surface area (Å²) < 4.78 is 0. The molecule has 0 atom stereocenters. The van der Waals surface area contributed by atoms with Gasteiger partial charge in [-0.3, -0.25) is 9.59 Å². The SMILES string of the molecule is CCCc1[nH]c(=O)c(C(=O)NC2CC2)cc1C. The summed E-state index contributed by atoms with van der Waals surface area (Å²) in [5.74, 6) is -0.250. The summed E-state index contributed by atoms with van der Waals surface area (Å²) in [5.41, 5.74) is 1.86. The summed E-state index contributed by atoms with van der Waals surface area (Å²) in [5, 5.41) is 2.83. The molecule has 0 bridgehead atoms. The van der Waals surface area contributed by atoms with Gasteiger partial charge in [-0.1, -0.05) is 13.3 Å². The second-order valence-electron chi connectivity index (χ2n) is 4.67. The van der Waals surface area contributed by atoms with Crippen molar-refractivity contribution in [1.29, 1.82) is 0 Å². The van der Waals surface area contributed by atoms with Crippen molar-refractivity contribution in [1.82, 2.24) is 10.3 Å². The maximum atomic E-state index is 11.8. The van der Waals surface area contributed by atoms with Crippen molar-refractivity contribution in [2.24, 2.45) is 0 Å². The molecule has 0 saturated heterocycles. The molecule has 17 heavy (non-hydrogen) atoms. The number of pyridine rings is 1. The number of aromatic nitrogens is 1. The molecule has 1 heterocycles. The first kappa shape index (κ1) is 11.9. The molecule has 0 aromatic carbocycles. The zero-order chi connectivity index (χ0) is 12.4. The lowest BCUT2D eigenvalue weighted by Gasteiger charge is -2.07. The van der Waals surface area contributed by atoms with E-state index >= 15 is 0 Å². The molecule has 2 rings (SSSR count). The van der Waals surface area contributed by atoms with Gasteiger partial charge in [0.2, 0.25) is 0 Å². The number of H-pyrrole nitrogens is 1. The Hall–Kier alpha value is -1.58. The molecule has 0 radical (unpaired) electrons. The molecule has 92 valence electrons. The number of aryl methyl sites for hydroxylation is 2. The van der Waals surface area contributed by atoms with E-state index in [0.29, 0.717) is 0 Å². The number of nitrogens with one attached hydrogen (secondary N) is 2. The van der Waals surface area contributed by atoms with E-state index in [9.17, 15) is 9.59 Å². The molecule has 1 aliphatic carbocycles. The Morgan fingerprint density at radius 3 is 2.82 bits per heavy atom. The van der Waals surface area contributed by atoms with Crippen molar-refractivity contribution in [2.75, 3.05) is 0 Å².